The van der Waals surface area contributed by atoms with Gasteiger partial charge >= 0.3 is 12.1 Å². The molecule has 1 rings (SSSR count). The second-order valence-corrected chi connectivity index (χ2v) is 7.44. The van der Waals surface area contributed by atoms with Crippen LogP contribution in [0.1, 0.15) is 12.5 Å². The fourth-order valence-electron chi connectivity index (χ4n) is 1.63. The van der Waals surface area contributed by atoms with Gasteiger partial charge in [-0.2, -0.15) is 0 Å². The van der Waals surface area contributed by atoms with E-state index in [0.717, 1.165) is 5.56 Å². The number of rotatable bonds is 8. The van der Waals surface area contributed by atoms with Crippen molar-refractivity contribution < 1.29 is 23.8 Å². The van der Waals surface area contributed by atoms with E-state index in [-0.39, 0.29) is 19.8 Å². The van der Waals surface area contributed by atoms with E-state index in [1.807, 2.05) is 18.2 Å². The summed E-state index contributed by atoms with van der Waals surface area (Å²) in [5.41, 5.74) is 0.802. The maximum Gasteiger partial charge on any atom is 0.408 e. The first-order valence-electron chi connectivity index (χ1n) is 7.50. The Morgan fingerprint density at radius 2 is 1.88 bits per heavy atom. The highest BCUT2D eigenvalue weighted by atomic mass is 35.6. The van der Waals surface area contributed by atoms with Crippen molar-refractivity contribution in [1.29, 1.82) is 0 Å². The van der Waals surface area contributed by atoms with E-state index in [2.05, 4.69) is 17.2 Å². The largest absolute Gasteiger partial charge is 0.459 e. The van der Waals surface area contributed by atoms with Crippen LogP contribution in [0.5, 0.6) is 0 Å². The van der Waals surface area contributed by atoms with Crippen molar-refractivity contribution in [3.05, 3.63) is 35.9 Å². The van der Waals surface area contributed by atoms with E-state index >= 15 is 0 Å². The van der Waals surface area contributed by atoms with E-state index in [9.17, 15) is 9.59 Å². The number of carbonyl (C=O) groups is 2. The number of hydrogen-bond acceptors (Lipinski definition) is 5. The standard InChI is InChI=1S/C17H18Cl3NO5/c1-2-3-9-24-11-14(21-16(23)26-12-17(18,19)20)15(22)25-10-13-7-5-4-6-8-13/h4-8,14H,9-12H2,1H3,(H,21,23)/t14-/m0/s1. The van der Waals surface area contributed by atoms with Crippen molar-refractivity contribution in [2.75, 3.05) is 19.8 Å². The molecule has 26 heavy (non-hydrogen) atoms. The zero-order valence-corrected chi connectivity index (χ0v) is 16.2. The van der Waals surface area contributed by atoms with Gasteiger partial charge in [0.25, 0.3) is 0 Å². The van der Waals surface area contributed by atoms with Crippen LogP contribution >= 0.6 is 34.8 Å². The number of halogens is 3. The fourth-order valence-corrected chi connectivity index (χ4v) is 1.79. The predicted octanol–water partition coefficient (Wildman–Crippen LogP) is 3.23. The molecule has 0 spiro atoms. The molecule has 0 saturated heterocycles. The van der Waals surface area contributed by atoms with Gasteiger partial charge in [-0.25, -0.2) is 9.59 Å². The van der Waals surface area contributed by atoms with Gasteiger partial charge in [0.05, 0.1) is 6.61 Å². The Labute approximate surface area is 167 Å². The third-order valence-electron chi connectivity index (χ3n) is 2.80. The molecular weight excluding hydrogens is 405 g/mol. The number of carbonyl (C=O) groups excluding carboxylic acids is 2. The van der Waals surface area contributed by atoms with Crippen LogP contribution in [0.15, 0.2) is 30.3 Å². The third kappa shape index (κ3) is 10.4. The van der Waals surface area contributed by atoms with Gasteiger partial charge in [-0.05, 0) is 12.5 Å². The van der Waals surface area contributed by atoms with E-state index < -0.39 is 28.5 Å². The Hall–Kier alpha value is -1.65. The van der Waals surface area contributed by atoms with Crippen molar-refractivity contribution >= 4 is 46.9 Å². The minimum atomic E-state index is -1.76. The van der Waals surface area contributed by atoms with Crippen molar-refractivity contribution in [3.63, 3.8) is 0 Å². The quantitative estimate of drug-likeness (QED) is 0.301. The smallest absolute Gasteiger partial charge is 0.408 e. The lowest BCUT2D eigenvalue weighted by Crippen LogP contribution is -2.45. The number of amides is 1. The van der Waals surface area contributed by atoms with E-state index in [1.54, 1.807) is 19.1 Å². The van der Waals surface area contributed by atoms with Crippen molar-refractivity contribution in [3.8, 4) is 11.8 Å². The van der Waals surface area contributed by atoms with Crippen LogP contribution in [-0.2, 0) is 25.6 Å². The second kappa shape index (κ2) is 11.9. The molecule has 0 heterocycles. The van der Waals surface area contributed by atoms with E-state index in [4.69, 9.17) is 49.0 Å². The van der Waals surface area contributed by atoms with Gasteiger partial charge in [0.2, 0.25) is 3.79 Å². The maximum absolute atomic E-state index is 12.2. The van der Waals surface area contributed by atoms with Gasteiger partial charge in [-0.3, -0.25) is 0 Å². The zero-order valence-electron chi connectivity index (χ0n) is 14.0. The molecule has 6 nitrogen and oxygen atoms in total. The highest BCUT2D eigenvalue weighted by Crippen LogP contribution is 2.25. The molecule has 0 radical (unpaired) electrons. The number of ether oxygens (including phenoxy) is 3. The summed E-state index contributed by atoms with van der Waals surface area (Å²) >= 11 is 16.5. The third-order valence-corrected chi connectivity index (χ3v) is 3.13. The monoisotopic (exact) mass is 421 g/mol. The molecule has 1 aromatic rings. The average Bonchev–Trinajstić information content (AvgIpc) is 2.61. The van der Waals surface area contributed by atoms with Gasteiger partial charge < -0.3 is 19.5 Å². The van der Waals surface area contributed by atoms with Crippen molar-refractivity contribution in [2.45, 2.75) is 23.4 Å². The summed E-state index contributed by atoms with van der Waals surface area (Å²) in [5, 5.41) is 2.32. The minimum Gasteiger partial charge on any atom is -0.459 e. The van der Waals surface area contributed by atoms with Crippen LogP contribution < -0.4 is 5.32 Å². The molecule has 1 aromatic carbocycles. The van der Waals surface area contributed by atoms with Crippen LogP contribution in [0.3, 0.4) is 0 Å². The molecule has 0 bridgehead atoms. The van der Waals surface area contributed by atoms with Crippen molar-refractivity contribution in [2.24, 2.45) is 0 Å². The Balaban J connectivity index is 2.58. The lowest BCUT2D eigenvalue weighted by atomic mass is 10.2. The summed E-state index contributed by atoms with van der Waals surface area (Å²) in [6.45, 7) is 1.18. The predicted molar refractivity (Wildman–Crippen MR) is 99.1 cm³/mol. The molecule has 142 valence electrons. The summed E-state index contributed by atoms with van der Waals surface area (Å²) in [6.07, 6.45) is -0.942. The molecular formula is C17H18Cl3NO5. The van der Waals surface area contributed by atoms with Crippen LogP contribution in [0, 0.1) is 11.8 Å². The molecule has 0 aliphatic heterocycles. The van der Waals surface area contributed by atoms with Crippen LogP contribution in [0.4, 0.5) is 4.79 Å². The SMILES string of the molecule is CC#CCOC[C@H](NC(=O)OCC(Cl)(Cl)Cl)C(=O)OCc1ccccc1. The zero-order chi connectivity index (χ0) is 19.4. The first kappa shape index (κ1) is 22.4. The van der Waals surface area contributed by atoms with E-state index in [1.165, 1.54) is 0 Å². The number of hydrogen-bond donors (Lipinski definition) is 1. The number of nitrogens with one attached hydrogen (secondary N) is 1. The number of alkyl carbamates (subject to hydrolysis) is 1. The number of alkyl halides is 3. The van der Waals surface area contributed by atoms with Gasteiger partial charge in [-0.15, -0.1) is 5.92 Å². The van der Waals surface area contributed by atoms with Gasteiger partial charge in [0.1, 0.15) is 19.8 Å². The van der Waals surface area contributed by atoms with Crippen molar-refractivity contribution in [1.82, 2.24) is 5.32 Å². The molecule has 0 fully saturated rings. The molecule has 1 atom stereocenters. The van der Waals surface area contributed by atoms with Crippen LogP contribution in [0.2, 0.25) is 0 Å². The average molecular weight is 423 g/mol. The normalized spacial score (nSPS) is 11.7. The first-order valence-corrected chi connectivity index (χ1v) is 8.63. The Morgan fingerprint density at radius 1 is 1.19 bits per heavy atom. The summed E-state index contributed by atoms with van der Waals surface area (Å²) in [6, 6.07) is 7.99. The summed E-state index contributed by atoms with van der Waals surface area (Å²) < 4.78 is 13.4. The Bertz CT molecular complexity index is 637. The molecule has 9 heteroatoms. The highest BCUT2D eigenvalue weighted by Gasteiger charge is 2.26. The molecule has 0 aromatic heterocycles. The minimum absolute atomic E-state index is 0.0514. The summed E-state index contributed by atoms with van der Waals surface area (Å²) in [5.74, 6) is 4.64. The number of benzene rings is 1. The molecule has 0 aliphatic carbocycles. The molecule has 0 aliphatic rings. The van der Waals surface area contributed by atoms with Crippen LogP contribution in [-0.4, -0.2) is 41.7 Å². The van der Waals surface area contributed by atoms with Crippen LogP contribution in [0.25, 0.3) is 0 Å². The molecule has 0 saturated carbocycles. The Morgan fingerprint density at radius 3 is 2.50 bits per heavy atom. The topological polar surface area (TPSA) is 73.9 Å². The lowest BCUT2D eigenvalue weighted by molar-refractivity contribution is -0.148. The number of esters is 1. The summed E-state index contributed by atoms with van der Waals surface area (Å²) in [4.78, 5) is 24.0. The highest BCUT2D eigenvalue weighted by molar-refractivity contribution is 6.67. The molecule has 1 N–H and O–H groups in total. The van der Waals surface area contributed by atoms with E-state index in [0.29, 0.717) is 0 Å². The summed E-state index contributed by atoms with van der Waals surface area (Å²) in [7, 11) is 0. The molecule has 0 unspecified atom stereocenters. The first-order chi connectivity index (χ1) is 12.3. The van der Waals surface area contributed by atoms with Gasteiger partial charge in [-0.1, -0.05) is 71.1 Å². The lowest BCUT2D eigenvalue weighted by Gasteiger charge is -2.18. The van der Waals surface area contributed by atoms with Gasteiger partial charge in [0.15, 0.2) is 6.04 Å². The fraction of sp³-hybridized carbons (Fsp3) is 0.412. The Kier molecular flexibility index (Phi) is 10.2. The maximum atomic E-state index is 12.2. The molecule has 1 amide bonds. The second-order valence-electron chi connectivity index (χ2n) is 4.92. The van der Waals surface area contributed by atoms with Gasteiger partial charge in [0, 0.05) is 0 Å².